The van der Waals surface area contributed by atoms with E-state index in [9.17, 15) is 0 Å². The van der Waals surface area contributed by atoms with E-state index >= 15 is 0 Å². The van der Waals surface area contributed by atoms with Gasteiger partial charge in [0.1, 0.15) is 16.6 Å². The molecule has 10 nitrogen and oxygen atoms in total. The third-order valence-corrected chi connectivity index (χ3v) is 1.50. The Labute approximate surface area is 140 Å². The van der Waals surface area contributed by atoms with Gasteiger partial charge in [0.25, 0.3) is 0 Å². The van der Waals surface area contributed by atoms with Gasteiger partial charge >= 0.3 is 0 Å². The molecule has 0 fully saturated rings. The number of hydrogen-bond acceptors (Lipinski definition) is 7. The summed E-state index contributed by atoms with van der Waals surface area (Å²) in [7, 11) is -5.39. The summed E-state index contributed by atoms with van der Waals surface area (Å²) in [4.78, 5) is 25.6. The van der Waals surface area contributed by atoms with E-state index in [2.05, 4.69) is 62.3 Å². The maximum atomic E-state index is 8.55. The first kappa shape index (κ1) is 30.7. The largest absolute Gasteiger partial charge is 0.822 e. The Bertz CT molecular complexity index is 263. The predicted molar refractivity (Wildman–Crippen MR) is 85.2 cm³/mol. The molecule has 0 unspecified atom stereocenters. The highest BCUT2D eigenvalue weighted by Crippen LogP contribution is 2.03. The Morgan fingerprint density at radius 3 is 0.652 bits per heavy atom. The van der Waals surface area contributed by atoms with Crippen molar-refractivity contribution in [2.75, 3.05) is 0 Å². The Kier molecular flexibility index (Phi) is 17.6. The first-order chi connectivity index (χ1) is 9.68. The van der Waals surface area contributed by atoms with Crippen molar-refractivity contribution in [1.29, 1.82) is 0 Å². The number of rotatable bonds is 0. The fraction of sp³-hybridized carbons (Fsp3) is 1.00. The smallest absolute Gasteiger partial charge is 0.105 e. The predicted octanol–water partition coefficient (Wildman–Crippen LogP) is -5.16. The molecule has 0 aromatic heterocycles. The highest BCUT2D eigenvalue weighted by atomic mass is 31.2. The lowest BCUT2D eigenvalue weighted by Gasteiger charge is -2.36. The minimum absolute atomic E-state index is 0.194. The summed E-state index contributed by atoms with van der Waals surface area (Å²) in [5, 5.41) is 0. The van der Waals surface area contributed by atoms with Crippen LogP contribution < -0.4 is 48.5 Å². The van der Waals surface area contributed by atoms with Gasteiger partial charge in [-0.25, -0.2) is 0 Å². The molecule has 0 aromatic carbocycles. The number of nitrogens with two attached hydrogens (primary N) is 6. The second-order valence-electron chi connectivity index (χ2n) is 8.05. The molecule has 0 aliphatic carbocycles. The van der Waals surface area contributed by atoms with Gasteiger partial charge in [-0.2, -0.15) is 25.4 Å². The van der Waals surface area contributed by atoms with E-state index in [1.165, 1.54) is 0 Å². The molecule has 0 saturated carbocycles. The third kappa shape index (κ3) is 110. The van der Waals surface area contributed by atoms with Crippen LogP contribution in [0, 0.1) is 0 Å². The Hall–Kier alpha value is -0.130. The number of quaternary nitrogens is 3. The second-order valence-corrected chi connectivity index (χ2v) is 8.94. The molecule has 0 heterocycles. The van der Waals surface area contributed by atoms with Gasteiger partial charge in [-0.1, -0.05) is 0 Å². The van der Waals surface area contributed by atoms with Gasteiger partial charge in [0.05, 0.1) is 0 Å². The lowest BCUT2D eigenvalue weighted by molar-refractivity contribution is -0.729. The molecule has 0 aliphatic rings. The van der Waals surface area contributed by atoms with E-state index in [1.54, 1.807) is 16.3 Å². The normalized spacial score (nSPS) is 12.0. The molecule has 0 aliphatic heterocycles. The van der Waals surface area contributed by atoms with Crippen molar-refractivity contribution in [3.63, 3.8) is 0 Å². The van der Waals surface area contributed by atoms with Crippen molar-refractivity contribution in [3.8, 4) is 0 Å². The molecular weight excluding hydrogens is 323 g/mol. The number of phosphoric acid groups is 1. The summed E-state index contributed by atoms with van der Waals surface area (Å²) >= 11 is 0. The van der Waals surface area contributed by atoms with E-state index in [1.807, 2.05) is 0 Å². The highest BCUT2D eigenvalue weighted by molar-refractivity contribution is 7.40. The van der Waals surface area contributed by atoms with E-state index in [0.717, 1.165) is 0 Å². The van der Waals surface area contributed by atoms with Crippen LogP contribution in [0.4, 0.5) is 0 Å². The molecule has 0 rings (SSSR count). The fourth-order valence-electron chi connectivity index (χ4n) is 0. The maximum absolute atomic E-state index is 8.55. The minimum Gasteiger partial charge on any atom is -0.822 e. The highest BCUT2D eigenvalue weighted by Gasteiger charge is 2.09. The Morgan fingerprint density at radius 1 is 0.609 bits per heavy atom. The van der Waals surface area contributed by atoms with Gasteiger partial charge in [0.15, 0.2) is 0 Å². The van der Waals surface area contributed by atoms with Gasteiger partial charge < -0.3 is 19.2 Å². The van der Waals surface area contributed by atoms with Gasteiger partial charge in [0.2, 0.25) is 0 Å². The second kappa shape index (κ2) is 13.2. The SMILES string of the molecule is CC(C)(C)[NH2+]N.CC(C)(C)[NH2+]N.CC(C)(C)[NH2+]N.O=P([O-])([O-])[O-]. The molecule has 11 heteroatoms. The van der Waals surface area contributed by atoms with E-state index in [0.29, 0.717) is 0 Å². The van der Waals surface area contributed by atoms with Crippen LogP contribution in [-0.2, 0) is 4.57 Å². The first-order valence-electron chi connectivity index (χ1n) is 7.10. The molecule has 0 atom stereocenters. The van der Waals surface area contributed by atoms with Crippen LogP contribution in [0.5, 0.6) is 0 Å². The van der Waals surface area contributed by atoms with Gasteiger partial charge in [0, 0.05) is 0 Å². The number of hydrogen-bond donors (Lipinski definition) is 6. The van der Waals surface area contributed by atoms with Crippen LogP contribution in [0.3, 0.4) is 0 Å². The summed E-state index contributed by atoms with van der Waals surface area (Å²) in [6, 6.07) is 0. The minimum atomic E-state index is -5.39. The van der Waals surface area contributed by atoms with Crippen molar-refractivity contribution in [2.24, 2.45) is 17.5 Å². The van der Waals surface area contributed by atoms with Gasteiger partial charge in [-0.15, -0.1) is 0 Å². The quantitative estimate of drug-likeness (QED) is 0.140. The summed E-state index contributed by atoms with van der Waals surface area (Å²) in [5.41, 5.74) is 5.65. The van der Waals surface area contributed by atoms with Crippen molar-refractivity contribution >= 4 is 7.82 Å². The zero-order valence-electron chi connectivity index (χ0n) is 16.0. The van der Waals surface area contributed by atoms with E-state index < -0.39 is 7.82 Å². The Morgan fingerprint density at radius 2 is 0.652 bits per heavy atom. The average Bonchev–Trinajstić information content (AvgIpc) is 2.25. The summed E-state index contributed by atoms with van der Waals surface area (Å²) < 4.78 is 8.55. The van der Waals surface area contributed by atoms with Crippen molar-refractivity contribution in [2.45, 2.75) is 78.9 Å². The molecule has 0 bridgehead atoms. The molecule has 0 spiro atoms. The lowest BCUT2D eigenvalue weighted by atomic mass is 10.1. The zero-order valence-corrected chi connectivity index (χ0v) is 16.9. The van der Waals surface area contributed by atoms with Crippen molar-refractivity contribution in [1.82, 2.24) is 0 Å². The topological polar surface area (TPSA) is 214 Å². The van der Waals surface area contributed by atoms with Crippen LogP contribution >= 0.6 is 7.82 Å². The molecule has 23 heavy (non-hydrogen) atoms. The van der Waals surface area contributed by atoms with Gasteiger partial charge in [-0.05, 0) is 62.3 Å². The van der Waals surface area contributed by atoms with Crippen molar-refractivity contribution < 1.29 is 35.5 Å². The van der Waals surface area contributed by atoms with Crippen molar-refractivity contribution in [3.05, 3.63) is 0 Å². The molecular formula is C12H39N6O4P. The Balaban J connectivity index is -0.000000105. The molecule has 0 amide bonds. The van der Waals surface area contributed by atoms with Crippen LogP contribution in [0.15, 0.2) is 0 Å². The monoisotopic (exact) mass is 362 g/mol. The maximum Gasteiger partial charge on any atom is 0.105 e. The summed E-state index contributed by atoms with van der Waals surface area (Å²) in [6.07, 6.45) is 0. The average molecular weight is 362 g/mol. The van der Waals surface area contributed by atoms with Crippen LogP contribution in [0.2, 0.25) is 0 Å². The first-order valence-corrected chi connectivity index (χ1v) is 8.56. The molecule has 0 aromatic rings. The third-order valence-electron chi connectivity index (χ3n) is 1.50. The fourth-order valence-corrected chi connectivity index (χ4v) is 0. The van der Waals surface area contributed by atoms with Gasteiger partial charge in [-0.3, -0.25) is 16.3 Å². The van der Waals surface area contributed by atoms with E-state index in [-0.39, 0.29) is 16.6 Å². The van der Waals surface area contributed by atoms with E-state index in [4.69, 9.17) is 36.8 Å². The van der Waals surface area contributed by atoms with Crippen LogP contribution in [-0.4, -0.2) is 16.6 Å². The van der Waals surface area contributed by atoms with Crippen LogP contribution in [0.1, 0.15) is 62.3 Å². The molecule has 146 valence electrons. The van der Waals surface area contributed by atoms with Crippen LogP contribution in [0.25, 0.3) is 0 Å². The summed E-state index contributed by atoms with van der Waals surface area (Å²) in [6.45, 7) is 18.6. The molecule has 0 radical (unpaired) electrons. The molecule has 12 N–H and O–H groups in total. The standard InChI is InChI=1S/3C4H12N2.H3O4P/c3*1-4(2,3)6-5;1-5(2,3)4/h3*6H,5H2,1-3H3;(H3,1,2,3,4). The zero-order chi connectivity index (χ0) is 20.1. The summed E-state index contributed by atoms with van der Waals surface area (Å²) in [5.74, 6) is 15.5. The molecule has 0 saturated heterocycles. The lowest BCUT2D eigenvalue weighted by Crippen LogP contribution is -3.00.